The normalized spacial score (nSPS) is 10.3. The molecule has 0 unspecified atom stereocenters. The quantitative estimate of drug-likeness (QED) is 0.725. The Kier molecular flexibility index (Phi) is 5.31. The summed E-state index contributed by atoms with van der Waals surface area (Å²) in [6.45, 7) is 2.81. The van der Waals surface area contributed by atoms with Crippen LogP contribution in [0.25, 0.3) is 0 Å². The first-order chi connectivity index (χ1) is 12.2. The predicted octanol–water partition coefficient (Wildman–Crippen LogP) is 2.72. The molecule has 2 heterocycles. The number of aromatic nitrogens is 3. The number of hydrogen-bond acceptors (Lipinski definition) is 5. The Morgan fingerprint density at radius 1 is 1.00 bits per heavy atom. The maximum Gasteiger partial charge on any atom is 0.270 e. The number of benzene rings is 1. The van der Waals surface area contributed by atoms with Crippen LogP contribution in [0.15, 0.2) is 60.9 Å². The van der Waals surface area contributed by atoms with E-state index >= 15 is 0 Å². The number of rotatable bonds is 6. The summed E-state index contributed by atoms with van der Waals surface area (Å²) in [4.78, 5) is 25.0. The topological polar surface area (TPSA) is 79.8 Å². The number of nitrogens with zero attached hydrogens (tertiary/aromatic N) is 3. The van der Waals surface area contributed by atoms with E-state index < -0.39 is 0 Å². The molecule has 25 heavy (non-hydrogen) atoms. The van der Waals surface area contributed by atoms with Crippen molar-refractivity contribution in [2.24, 2.45) is 0 Å². The second-order valence-electron chi connectivity index (χ2n) is 5.57. The van der Waals surface area contributed by atoms with Gasteiger partial charge in [-0.3, -0.25) is 9.78 Å². The zero-order chi connectivity index (χ0) is 17.5. The van der Waals surface area contributed by atoms with Crippen molar-refractivity contribution in [2.75, 3.05) is 5.32 Å². The molecular formula is C19H19N5O. The smallest absolute Gasteiger partial charge is 0.270 e. The van der Waals surface area contributed by atoms with E-state index in [9.17, 15) is 4.79 Å². The minimum Gasteiger partial charge on any atom is -0.366 e. The lowest BCUT2D eigenvalue weighted by Gasteiger charge is -2.09. The molecule has 3 aromatic rings. The second-order valence-corrected chi connectivity index (χ2v) is 5.57. The van der Waals surface area contributed by atoms with Crippen molar-refractivity contribution < 1.29 is 4.79 Å². The van der Waals surface area contributed by atoms with Gasteiger partial charge in [0.2, 0.25) is 0 Å². The number of pyridine rings is 1. The Balaban J connectivity index is 1.65. The van der Waals surface area contributed by atoms with Gasteiger partial charge in [-0.05, 0) is 24.1 Å². The number of amides is 1. The molecule has 0 radical (unpaired) electrons. The van der Waals surface area contributed by atoms with Gasteiger partial charge >= 0.3 is 0 Å². The van der Waals surface area contributed by atoms with Crippen LogP contribution < -0.4 is 10.6 Å². The molecule has 126 valence electrons. The Morgan fingerprint density at radius 3 is 2.56 bits per heavy atom. The molecule has 2 aromatic heterocycles. The van der Waals surface area contributed by atoms with Crippen molar-refractivity contribution in [3.8, 4) is 0 Å². The minimum absolute atomic E-state index is 0.223. The van der Waals surface area contributed by atoms with Gasteiger partial charge in [0.1, 0.15) is 17.3 Å². The highest BCUT2D eigenvalue weighted by Gasteiger charge is 2.10. The number of carbonyl (C=O) groups excluding carboxylic acids is 1. The van der Waals surface area contributed by atoms with E-state index in [4.69, 9.17) is 0 Å². The lowest BCUT2D eigenvalue weighted by Crippen LogP contribution is -2.24. The van der Waals surface area contributed by atoms with Gasteiger partial charge < -0.3 is 10.6 Å². The number of hydrogen-bond donors (Lipinski definition) is 2. The summed E-state index contributed by atoms with van der Waals surface area (Å²) in [5.74, 6) is 0.932. The molecule has 0 fully saturated rings. The molecule has 0 aliphatic carbocycles. The lowest BCUT2D eigenvalue weighted by atomic mass is 10.2. The van der Waals surface area contributed by atoms with E-state index in [2.05, 4.69) is 25.6 Å². The van der Waals surface area contributed by atoms with E-state index in [1.807, 2.05) is 42.5 Å². The van der Waals surface area contributed by atoms with Gasteiger partial charge in [0.05, 0.1) is 0 Å². The summed E-state index contributed by atoms with van der Waals surface area (Å²) in [5, 5.41) is 6.08. The van der Waals surface area contributed by atoms with Crippen molar-refractivity contribution in [3.05, 3.63) is 83.6 Å². The summed E-state index contributed by atoms with van der Waals surface area (Å²) >= 11 is 0. The monoisotopic (exact) mass is 333 g/mol. The van der Waals surface area contributed by atoms with Gasteiger partial charge in [-0.1, -0.05) is 36.4 Å². The zero-order valence-electron chi connectivity index (χ0n) is 13.9. The van der Waals surface area contributed by atoms with Crippen LogP contribution in [0.3, 0.4) is 0 Å². The van der Waals surface area contributed by atoms with Gasteiger partial charge in [-0.2, -0.15) is 0 Å². The molecule has 6 heteroatoms. The summed E-state index contributed by atoms with van der Waals surface area (Å²) in [6, 6.07) is 15.3. The third-order valence-electron chi connectivity index (χ3n) is 3.56. The first-order valence-corrected chi connectivity index (χ1v) is 8.01. The molecule has 0 aliphatic heterocycles. The number of carbonyl (C=O) groups is 1. The first-order valence-electron chi connectivity index (χ1n) is 8.01. The molecule has 0 saturated carbocycles. The Bertz CT molecular complexity index is 837. The highest BCUT2D eigenvalue weighted by molar-refractivity contribution is 5.92. The van der Waals surface area contributed by atoms with Crippen LogP contribution in [0.5, 0.6) is 0 Å². The largest absolute Gasteiger partial charge is 0.366 e. The molecule has 0 spiro atoms. The van der Waals surface area contributed by atoms with Crippen LogP contribution in [0.2, 0.25) is 0 Å². The van der Waals surface area contributed by atoms with Crippen molar-refractivity contribution >= 4 is 11.7 Å². The van der Waals surface area contributed by atoms with Gasteiger partial charge in [-0.15, -0.1) is 0 Å². The first kappa shape index (κ1) is 16.6. The fraction of sp³-hybridized carbons (Fsp3) is 0.158. The summed E-state index contributed by atoms with van der Waals surface area (Å²) in [6.07, 6.45) is 3.52. The molecule has 0 saturated heterocycles. The molecule has 0 atom stereocenters. The van der Waals surface area contributed by atoms with Crippen LogP contribution in [0.4, 0.5) is 5.82 Å². The average molecular weight is 333 g/mol. The van der Waals surface area contributed by atoms with Crippen LogP contribution >= 0.6 is 0 Å². The Morgan fingerprint density at radius 2 is 1.80 bits per heavy atom. The third-order valence-corrected chi connectivity index (χ3v) is 3.56. The van der Waals surface area contributed by atoms with Crippen LogP contribution in [-0.4, -0.2) is 20.9 Å². The molecule has 2 N–H and O–H groups in total. The molecule has 0 aliphatic rings. The number of nitrogens with one attached hydrogen (secondary N) is 2. The highest BCUT2D eigenvalue weighted by Crippen LogP contribution is 2.09. The van der Waals surface area contributed by atoms with Crippen LogP contribution in [0.1, 0.15) is 27.4 Å². The number of anilines is 1. The van der Waals surface area contributed by atoms with E-state index in [1.165, 1.54) is 0 Å². The van der Waals surface area contributed by atoms with Gasteiger partial charge in [0.25, 0.3) is 5.91 Å². The second kappa shape index (κ2) is 8.01. The SMILES string of the molecule is Cc1nc(NCc2cccnc2)cc(C(=O)NCc2ccccc2)n1. The third kappa shape index (κ3) is 4.84. The Hall–Kier alpha value is -3.28. The predicted molar refractivity (Wildman–Crippen MR) is 95.9 cm³/mol. The molecule has 6 nitrogen and oxygen atoms in total. The fourth-order valence-electron chi connectivity index (χ4n) is 2.34. The van der Waals surface area contributed by atoms with E-state index in [-0.39, 0.29) is 5.91 Å². The summed E-state index contributed by atoms with van der Waals surface area (Å²) < 4.78 is 0. The van der Waals surface area contributed by atoms with Crippen molar-refractivity contribution in [2.45, 2.75) is 20.0 Å². The average Bonchev–Trinajstić information content (AvgIpc) is 2.66. The van der Waals surface area contributed by atoms with E-state index in [1.54, 1.807) is 25.4 Å². The van der Waals surface area contributed by atoms with Crippen LogP contribution in [0, 0.1) is 6.92 Å². The summed E-state index contributed by atoms with van der Waals surface area (Å²) in [7, 11) is 0. The van der Waals surface area contributed by atoms with Gasteiger partial charge in [0, 0.05) is 31.5 Å². The van der Waals surface area contributed by atoms with E-state index in [0.717, 1.165) is 11.1 Å². The van der Waals surface area contributed by atoms with Gasteiger partial charge in [-0.25, -0.2) is 9.97 Å². The summed E-state index contributed by atoms with van der Waals surface area (Å²) in [5.41, 5.74) is 2.42. The molecule has 3 rings (SSSR count). The Labute approximate surface area is 146 Å². The van der Waals surface area contributed by atoms with E-state index in [0.29, 0.717) is 30.4 Å². The van der Waals surface area contributed by atoms with Gasteiger partial charge in [0.15, 0.2) is 0 Å². The molecule has 1 amide bonds. The standard InChI is InChI=1S/C19H19N5O/c1-14-23-17(19(25)22-12-15-6-3-2-4-7-15)10-18(24-14)21-13-16-8-5-9-20-11-16/h2-11H,12-13H2,1H3,(H,22,25)(H,21,23,24). The van der Waals surface area contributed by atoms with Crippen LogP contribution in [-0.2, 0) is 13.1 Å². The molecule has 1 aromatic carbocycles. The molecule has 0 bridgehead atoms. The molecular weight excluding hydrogens is 314 g/mol. The number of aryl methyl sites for hydroxylation is 1. The van der Waals surface area contributed by atoms with Crippen molar-refractivity contribution in [1.82, 2.24) is 20.3 Å². The highest BCUT2D eigenvalue weighted by atomic mass is 16.1. The maximum absolute atomic E-state index is 12.4. The fourth-order valence-corrected chi connectivity index (χ4v) is 2.34. The lowest BCUT2D eigenvalue weighted by molar-refractivity contribution is 0.0945. The van der Waals surface area contributed by atoms with Crippen molar-refractivity contribution in [1.29, 1.82) is 0 Å². The minimum atomic E-state index is -0.223. The maximum atomic E-state index is 12.4. The zero-order valence-corrected chi connectivity index (χ0v) is 13.9. The van der Waals surface area contributed by atoms with Crippen molar-refractivity contribution in [3.63, 3.8) is 0 Å².